The van der Waals surface area contributed by atoms with Crippen LogP contribution in [0.3, 0.4) is 0 Å². The SMILES string of the molecule is C=CCN1CCC23c4c5ccc(O)c4OC2/C(=N\N)CCC3(O)C1C5. The molecule has 2 fully saturated rings. The number of nitrogens with two attached hydrogens (primary N) is 1. The van der Waals surface area contributed by atoms with Gasteiger partial charge in [0.05, 0.1) is 16.7 Å². The molecular formula is C19H23N3O3. The standard InChI is InChI=1S/C19H23N3O3/c1-2-8-22-9-7-18-15-11-3-4-13(23)16(15)25-17(18)12(21-20)5-6-19(18,24)14(22)10-11/h2-4,14,17,23-24H,1,5-10,20H2/b21-12-. The molecule has 1 aromatic carbocycles. The zero-order valence-corrected chi connectivity index (χ0v) is 14.1. The Morgan fingerprint density at radius 2 is 2.28 bits per heavy atom. The van der Waals surface area contributed by atoms with E-state index in [2.05, 4.69) is 16.6 Å². The first-order chi connectivity index (χ1) is 12.1. The van der Waals surface area contributed by atoms with Gasteiger partial charge in [-0.1, -0.05) is 12.1 Å². The highest BCUT2D eigenvalue weighted by Gasteiger charge is 2.72. The summed E-state index contributed by atoms with van der Waals surface area (Å²) in [6, 6.07) is 3.67. The van der Waals surface area contributed by atoms with E-state index >= 15 is 0 Å². The Kier molecular flexibility index (Phi) is 2.90. The van der Waals surface area contributed by atoms with Crippen LogP contribution in [-0.2, 0) is 11.8 Å². The van der Waals surface area contributed by atoms with E-state index in [1.54, 1.807) is 6.07 Å². The van der Waals surface area contributed by atoms with Crippen LogP contribution in [0.5, 0.6) is 11.5 Å². The monoisotopic (exact) mass is 341 g/mol. The highest BCUT2D eigenvalue weighted by Crippen LogP contribution is 2.64. The van der Waals surface area contributed by atoms with E-state index in [1.807, 2.05) is 12.1 Å². The fourth-order valence-corrected chi connectivity index (χ4v) is 5.95. The van der Waals surface area contributed by atoms with Crippen molar-refractivity contribution >= 4 is 5.71 Å². The molecule has 6 nitrogen and oxygen atoms in total. The fraction of sp³-hybridized carbons (Fsp3) is 0.526. The summed E-state index contributed by atoms with van der Waals surface area (Å²) in [5.41, 5.74) is 1.42. The summed E-state index contributed by atoms with van der Waals surface area (Å²) in [6.07, 6.45) is 4.22. The number of aromatic hydroxyl groups is 1. The normalized spacial score (nSPS) is 39.8. The molecule has 4 N–H and O–H groups in total. The molecule has 2 heterocycles. The Balaban J connectivity index is 1.79. The number of hydrazone groups is 1. The van der Waals surface area contributed by atoms with Crippen molar-refractivity contribution in [3.05, 3.63) is 35.9 Å². The van der Waals surface area contributed by atoms with Crippen molar-refractivity contribution in [1.82, 2.24) is 4.90 Å². The number of benzene rings is 1. The van der Waals surface area contributed by atoms with Gasteiger partial charge >= 0.3 is 0 Å². The number of aliphatic hydroxyl groups is 1. The van der Waals surface area contributed by atoms with E-state index in [9.17, 15) is 10.2 Å². The maximum Gasteiger partial charge on any atom is 0.166 e. The minimum absolute atomic E-state index is 0.00710. The van der Waals surface area contributed by atoms with E-state index in [0.717, 1.165) is 42.8 Å². The fourth-order valence-electron chi connectivity index (χ4n) is 5.95. The zero-order valence-electron chi connectivity index (χ0n) is 14.1. The lowest BCUT2D eigenvalue weighted by Crippen LogP contribution is -2.76. The van der Waals surface area contributed by atoms with Gasteiger partial charge in [-0.3, -0.25) is 4.90 Å². The van der Waals surface area contributed by atoms with Gasteiger partial charge in [-0.15, -0.1) is 6.58 Å². The zero-order chi connectivity index (χ0) is 17.4. The lowest BCUT2D eigenvalue weighted by Gasteiger charge is -2.62. The molecule has 2 aliphatic carbocycles. The van der Waals surface area contributed by atoms with Crippen LogP contribution in [0.4, 0.5) is 0 Å². The number of ether oxygens (including phenoxy) is 1. The minimum atomic E-state index is -0.918. The van der Waals surface area contributed by atoms with Gasteiger partial charge in [0, 0.05) is 24.7 Å². The predicted molar refractivity (Wildman–Crippen MR) is 93.9 cm³/mol. The molecule has 25 heavy (non-hydrogen) atoms. The number of rotatable bonds is 2. The second-order valence-corrected chi connectivity index (χ2v) is 7.72. The summed E-state index contributed by atoms with van der Waals surface area (Å²) < 4.78 is 6.21. The molecule has 1 aromatic rings. The van der Waals surface area contributed by atoms with Crippen LogP contribution >= 0.6 is 0 Å². The van der Waals surface area contributed by atoms with Crippen LogP contribution in [0.1, 0.15) is 30.4 Å². The Morgan fingerprint density at radius 3 is 3.04 bits per heavy atom. The van der Waals surface area contributed by atoms with E-state index in [0.29, 0.717) is 18.6 Å². The van der Waals surface area contributed by atoms with Crippen molar-refractivity contribution in [2.75, 3.05) is 13.1 Å². The number of hydrogen-bond donors (Lipinski definition) is 3. The Labute approximate surface area is 146 Å². The van der Waals surface area contributed by atoms with Crippen LogP contribution in [0.25, 0.3) is 0 Å². The second-order valence-electron chi connectivity index (χ2n) is 7.72. The first-order valence-electron chi connectivity index (χ1n) is 8.93. The van der Waals surface area contributed by atoms with E-state index < -0.39 is 17.1 Å². The topological polar surface area (TPSA) is 91.3 Å². The molecule has 2 bridgehead atoms. The van der Waals surface area contributed by atoms with E-state index in [1.165, 1.54) is 0 Å². The van der Waals surface area contributed by atoms with Crippen molar-refractivity contribution in [2.45, 2.75) is 48.8 Å². The lowest BCUT2D eigenvalue weighted by molar-refractivity contribution is -0.163. The van der Waals surface area contributed by atoms with Gasteiger partial charge in [-0.25, -0.2) is 0 Å². The second kappa shape index (κ2) is 4.77. The molecular weight excluding hydrogens is 318 g/mol. The maximum atomic E-state index is 12.0. The highest BCUT2D eigenvalue weighted by atomic mass is 16.5. The Morgan fingerprint density at radius 1 is 1.44 bits per heavy atom. The minimum Gasteiger partial charge on any atom is -0.504 e. The van der Waals surface area contributed by atoms with Gasteiger partial charge in [0.15, 0.2) is 17.6 Å². The number of nitrogens with zero attached hydrogens (tertiary/aromatic N) is 2. The molecule has 5 rings (SSSR count). The molecule has 4 unspecified atom stereocenters. The van der Waals surface area contributed by atoms with Crippen molar-refractivity contribution in [3.8, 4) is 11.5 Å². The average Bonchev–Trinajstić information content (AvgIpc) is 2.95. The predicted octanol–water partition coefficient (Wildman–Crippen LogP) is 1.05. The number of piperidine rings is 1. The van der Waals surface area contributed by atoms with Crippen molar-refractivity contribution < 1.29 is 14.9 Å². The van der Waals surface area contributed by atoms with Crippen LogP contribution in [0, 0.1) is 0 Å². The largest absolute Gasteiger partial charge is 0.504 e. The first kappa shape index (κ1) is 15.2. The summed E-state index contributed by atoms with van der Waals surface area (Å²) in [7, 11) is 0. The molecule has 1 saturated heterocycles. The van der Waals surface area contributed by atoms with Gasteiger partial charge in [-0.2, -0.15) is 5.10 Å². The van der Waals surface area contributed by atoms with Crippen molar-refractivity contribution in [3.63, 3.8) is 0 Å². The summed E-state index contributed by atoms with van der Waals surface area (Å²) in [6.45, 7) is 5.48. The quantitative estimate of drug-likeness (QED) is 0.425. The van der Waals surface area contributed by atoms with Gasteiger partial charge in [-0.05, 0) is 37.3 Å². The Hall–Kier alpha value is -2.05. The number of phenolic OH excluding ortho intramolecular Hbond substituents is 1. The van der Waals surface area contributed by atoms with Gasteiger partial charge in [0.25, 0.3) is 0 Å². The smallest absolute Gasteiger partial charge is 0.166 e. The number of likely N-dealkylation sites (tertiary alicyclic amines) is 1. The summed E-state index contributed by atoms with van der Waals surface area (Å²) >= 11 is 0. The first-order valence-corrected chi connectivity index (χ1v) is 8.93. The van der Waals surface area contributed by atoms with E-state index in [4.69, 9.17) is 10.6 Å². The molecule has 4 aliphatic rings. The summed E-state index contributed by atoms with van der Waals surface area (Å²) in [5.74, 6) is 6.30. The molecule has 0 amide bonds. The Bertz CT molecular complexity index is 807. The highest BCUT2D eigenvalue weighted by molar-refractivity contribution is 5.94. The van der Waals surface area contributed by atoms with Crippen LogP contribution in [-0.4, -0.2) is 51.7 Å². The van der Waals surface area contributed by atoms with Crippen molar-refractivity contribution in [2.24, 2.45) is 10.9 Å². The molecule has 2 aliphatic heterocycles. The third kappa shape index (κ3) is 1.56. The van der Waals surface area contributed by atoms with Crippen LogP contribution < -0.4 is 10.6 Å². The van der Waals surface area contributed by atoms with Gasteiger partial charge in [0.1, 0.15) is 0 Å². The van der Waals surface area contributed by atoms with Gasteiger partial charge < -0.3 is 20.8 Å². The average molecular weight is 341 g/mol. The van der Waals surface area contributed by atoms with Crippen molar-refractivity contribution in [1.29, 1.82) is 0 Å². The summed E-state index contributed by atoms with van der Waals surface area (Å²) in [4.78, 5) is 2.33. The molecule has 0 aromatic heterocycles. The van der Waals surface area contributed by atoms with Gasteiger partial charge in [0.2, 0.25) is 0 Å². The summed E-state index contributed by atoms with van der Waals surface area (Å²) in [5, 5.41) is 26.4. The van der Waals surface area contributed by atoms with Crippen LogP contribution in [0.15, 0.2) is 29.9 Å². The molecule has 1 saturated carbocycles. The third-order valence-electron chi connectivity index (χ3n) is 6.92. The number of phenols is 1. The molecule has 0 radical (unpaired) electrons. The molecule has 6 heteroatoms. The molecule has 4 atom stereocenters. The van der Waals surface area contributed by atoms with E-state index in [-0.39, 0.29) is 11.8 Å². The molecule has 1 spiro atoms. The third-order valence-corrected chi connectivity index (χ3v) is 6.92. The number of hydrogen-bond acceptors (Lipinski definition) is 6. The lowest BCUT2D eigenvalue weighted by atomic mass is 9.49. The molecule has 132 valence electrons. The van der Waals surface area contributed by atoms with Crippen LogP contribution in [0.2, 0.25) is 0 Å². The maximum absolute atomic E-state index is 12.0.